The van der Waals surface area contributed by atoms with Crippen LogP contribution in [0.1, 0.15) is 12.5 Å². The maximum Gasteiger partial charge on any atom is 0.297 e. The fourth-order valence-electron chi connectivity index (χ4n) is 3.19. The first-order valence-corrected chi connectivity index (χ1v) is 8.23. The van der Waals surface area contributed by atoms with E-state index in [-0.39, 0.29) is 16.8 Å². The number of rotatable bonds is 2. The third-order valence-electron chi connectivity index (χ3n) is 4.43. The van der Waals surface area contributed by atoms with Gasteiger partial charge in [0.1, 0.15) is 0 Å². The van der Waals surface area contributed by atoms with E-state index in [4.69, 9.17) is 17.0 Å². The lowest BCUT2D eigenvalue weighted by atomic mass is 10.1. The van der Waals surface area contributed by atoms with E-state index in [1.807, 2.05) is 32.2 Å². The number of nitrogens with zero attached hydrogens (tertiary/aromatic N) is 2. The summed E-state index contributed by atoms with van der Waals surface area (Å²) in [6.07, 6.45) is 1.75. The van der Waals surface area contributed by atoms with Crippen molar-refractivity contribution in [2.45, 2.75) is 6.92 Å². The summed E-state index contributed by atoms with van der Waals surface area (Å²) >= 11 is 5.09. The largest absolute Gasteiger partial charge is 0.426 e. The number of para-hydroxylation sites is 1. The highest BCUT2D eigenvalue weighted by molar-refractivity contribution is 7.80. The van der Waals surface area contributed by atoms with Crippen LogP contribution in [0.25, 0.3) is 27.9 Å². The molecule has 0 atom stereocenters. The monoisotopic (exact) mass is 336 g/mol. The van der Waals surface area contributed by atoms with Gasteiger partial charge in [-0.05, 0) is 42.9 Å². The minimum absolute atomic E-state index is 0.181. The second-order valence-corrected chi connectivity index (χ2v) is 6.13. The van der Waals surface area contributed by atoms with Crippen LogP contribution in [-0.4, -0.2) is 27.1 Å². The zero-order chi connectivity index (χ0) is 16.8. The van der Waals surface area contributed by atoms with Crippen molar-refractivity contribution >= 4 is 51.2 Å². The van der Waals surface area contributed by atoms with E-state index >= 15 is 0 Å². The van der Waals surface area contributed by atoms with E-state index in [0.717, 1.165) is 11.1 Å². The van der Waals surface area contributed by atoms with E-state index in [1.54, 1.807) is 6.08 Å². The maximum atomic E-state index is 12.3. The molecule has 0 radical (unpaired) electrons. The molecule has 2 heterocycles. The number of aryl methyl sites for hydroxylation is 1. The molecule has 4 rings (SSSR count). The van der Waals surface area contributed by atoms with E-state index in [2.05, 4.69) is 28.8 Å². The number of carbonyl (C=O) groups excluding carboxylic acids is 1. The number of hydrogen-bond acceptors (Lipinski definition) is 3. The number of fused-ring (bicyclic) bond motifs is 3. The Hall–Kier alpha value is -2.66. The Morgan fingerprint density at radius 1 is 1.12 bits per heavy atom. The number of carbonyl (C=O) groups is 1. The zero-order valence-corrected chi connectivity index (χ0v) is 14.3. The van der Waals surface area contributed by atoms with Gasteiger partial charge in [0.25, 0.3) is 11.1 Å². The molecule has 2 aromatic carbocycles. The van der Waals surface area contributed by atoms with Crippen LogP contribution in [0.3, 0.4) is 0 Å². The van der Waals surface area contributed by atoms with Gasteiger partial charge in [-0.2, -0.15) is 0 Å². The van der Waals surface area contributed by atoms with Crippen molar-refractivity contribution in [2.24, 2.45) is 7.05 Å². The molecule has 5 heteroatoms. The van der Waals surface area contributed by atoms with Crippen molar-refractivity contribution in [3.8, 4) is 0 Å². The summed E-state index contributed by atoms with van der Waals surface area (Å²) in [5.41, 5.74) is 3.22. The molecule has 1 fully saturated rings. The lowest BCUT2D eigenvalue weighted by molar-refractivity contribution is -0.122. The molecule has 120 valence electrons. The highest BCUT2D eigenvalue weighted by Crippen LogP contribution is 2.29. The molecule has 1 aromatic heterocycles. The van der Waals surface area contributed by atoms with Gasteiger partial charge in [-0.1, -0.05) is 30.3 Å². The summed E-state index contributed by atoms with van der Waals surface area (Å²) in [6.45, 7) is 2.38. The van der Waals surface area contributed by atoms with Gasteiger partial charge in [0.15, 0.2) is 5.76 Å². The van der Waals surface area contributed by atoms with Crippen molar-refractivity contribution in [1.82, 2.24) is 9.47 Å². The number of ether oxygens (including phenoxy) is 1. The van der Waals surface area contributed by atoms with Crippen molar-refractivity contribution in [3.05, 3.63) is 53.8 Å². The molecule has 0 bridgehead atoms. The van der Waals surface area contributed by atoms with Gasteiger partial charge < -0.3 is 9.30 Å². The van der Waals surface area contributed by atoms with Gasteiger partial charge in [-0.15, -0.1) is 0 Å². The summed E-state index contributed by atoms with van der Waals surface area (Å²) in [5, 5.41) is 2.64. The molecule has 0 N–H and O–H groups in total. The highest BCUT2D eigenvalue weighted by Gasteiger charge is 2.31. The molecule has 0 saturated carbocycles. The lowest BCUT2D eigenvalue weighted by Crippen LogP contribution is -2.27. The second-order valence-electron chi connectivity index (χ2n) is 5.78. The van der Waals surface area contributed by atoms with Crippen LogP contribution in [0.15, 0.2) is 48.2 Å². The predicted octanol–water partition coefficient (Wildman–Crippen LogP) is 3.84. The molecule has 0 unspecified atom stereocenters. The lowest BCUT2D eigenvalue weighted by Gasteiger charge is -2.06. The summed E-state index contributed by atoms with van der Waals surface area (Å²) in [6, 6.07) is 14.5. The van der Waals surface area contributed by atoms with E-state index in [1.165, 1.54) is 21.2 Å². The fourth-order valence-corrected chi connectivity index (χ4v) is 3.49. The first kappa shape index (κ1) is 14.9. The number of likely N-dealkylation sites (N-methyl/N-ethyl adjacent to an activating group) is 1. The van der Waals surface area contributed by atoms with Crippen LogP contribution in [0, 0.1) is 0 Å². The molecule has 0 spiro atoms. The van der Waals surface area contributed by atoms with Crippen LogP contribution in [0.2, 0.25) is 0 Å². The van der Waals surface area contributed by atoms with Crippen molar-refractivity contribution < 1.29 is 9.53 Å². The summed E-state index contributed by atoms with van der Waals surface area (Å²) in [5.74, 6) is 0.0969. The molecular weight excluding hydrogens is 320 g/mol. The fraction of sp³-hybridized carbons (Fsp3) is 0.158. The third-order valence-corrected chi connectivity index (χ3v) is 4.73. The van der Waals surface area contributed by atoms with Crippen LogP contribution >= 0.6 is 12.2 Å². The molecule has 1 aliphatic rings. The molecular formula is C19H16N2O2S. The first-order chi connectivity index (χ1) is 11.6. The first-order valence-electron chi connectivity index (χ1n) is 7.82. The van der Waals surface area contributed by atoms with Crippen LogP contribution in [0.5, 0.6) is 0 Å². The molecule has 0 aliphatic carbocycles. The van der Waals surface area contributed by atoms with Crippen LogP contribution in [0.4, 0.5) is 0 Å². The number of aromatic nitrogens is 1. The number of thiocarbonyl (C=S) groups is 1. The Bertz CT molecular complexity index is 1030. The van der Waals surface area contributed by atoms with Crippen molar-refractivity contribution in [1.29, 1.82) is 0 Å². The molecule has 4 nitrogen and oxygen atoms in total. The number of amides is 1. The summed E-state index contributed by atoms with van der Waals surface area (Å²) in [7, 11) is 2.05. The quantitative estimate of drug-likeness (QED) is 0.527. The van der Waals surface area contributed by atoms with Gasteiger partial charge >= 0.3 is 0 Å². The minimum Gasteiger partial charge on any atom is -0.426 e. The smallest absolute Gasteiger partial charge is 0.297 e. The average molecular weight is 336 g/mol. The van der Waals surface area contributed by atoms with Gasteiger partial charge in [-0.3, -0.25) is 9.69 Å². The molecule has 1 aliphatic heterocycles. The zero-order valence-electron chi connectivity index (χ0n) is 13.4. The average Bonchev–Trinajstić information content (AvgIpc) is 3.02. The standard InChI is InChI=1S/C19H16N2O2S/c1-3-21-18(22)17(23-19(21)24)11-12-8-9-14-13-6-4-5-7-15(13)20(2)16(14)10-12/h4-11H,3H2,1-2H3/b17-11-. The van der Waals surface area contributed by atoms with Gasteiger partial charge in [0.2, 0.25) is 0 Å². The van der Waals surface area contributed by atoms with Gasteiger partial charge in [0.05, 0.1) is 0 Å². The second kappa shape index (κ2) is 5.46. The van der Waals surface area contributed by atoms with Gasteiger partial charge in [0, 0.05) is 35.4 Å². The Kier molecular flexibility index (Phi) is 3.39. The summed E-state index contributed by atoms with van der Waals surface area (Å²) < 4.78 is 7.60. The van der Waals surface area contributed by atoms with Crippen molar-refractivity contribution in [3.63, 3.8) is 0 Å². The summed E-state index contributed by atoms with van der Waals surface area (Å²) in [4.78, 5) is 13.7. The van der Waals surface area contributed by atoms with Crippen molar-refractivity contribution in [2.75, 3.05) is 6.54 Å². The maximum absolute atomic E-state index is 12.3. The molecule has 3 aromatic rings. The van der Waals surface area contributed by atoms with E-state index < -0.39 is 0 Å². The number of hydrogen-bond donors (Lipinski definition) is 0. The SMILES string of the molecule is CCN1C(=O)/C(=C/c2ccc3c4ccccc4n(C)c3c2)OC1=S. The topological polar surface area (TPSA) is 34.5 Å². The van der Waals surface area contributed by atoms with E-state index in [0.29, 0.717) is 6.54 Å². The normalized spacial score (nSPS) is 16.6. The Morgan fingerprint density at radius 2 is 1.88 bits per heavy atom. The van der Waals surface area contributed by atoms with Crippen LogP contribution < -0.4 is 0 Å². The number of benzene rings is 2. The Balaban J connectivity index is 1.83. The molecule has 1 saturated heterocycles. The third kappa shape index (κ3) is 2.12. The molecule has 1 amide bonds. The predicted molar refractivity (Wildman–Crippen MR) is 99.5 cm³/mol. The van der Waals surface area contributed by atoms with E-state index in [9.17, 15) is 4.79 Å². The highest BCUT2D eigenvalue weighted by atomic mass is 32.1. The van der Waals surface area contributed by atoms with Gasteiger partial charge in [-0.25, -0.2) is 0 Å². The Labute approximate surface area is 144 Å². The van der Waals surface area contributed by atoms with Crippen LogP contribution in [-0.2, 0) is 16.6 Å². The molecule has 24 heavy (non-hydrogen) atoms. The Morgan fingerprint density at radius 3 is 2.62 bits per heavy atom. The minimum atomic E-state index is -0.181.